The lowest BCUT2D eigenvalue weighted by Gasteiger charge is -2.18. The molecule has 94 valence electrons. The average molecular weight is 273 g/mol. The monoisotopic (exact) mass is 272 g/mol. The second-order valence-electron chi connectivity index (χ2n) is 4.41. The molecule has 1 unspecified atom stereocenters. The van der Waals surface area contributed by atoms with E-state index in [-0.39, 0.29) is 5.25 Å². The summed E-state index contributed by atoms with van der Waals surface area (Å²) in [4.78, 5) is 0.766. The summed E-state index contributed by atoms with van der Waals surface area (Å²) in [5.41, 5.74) is 0. The molecule has 1 aromatic carbocycles. The smallest absolute Gasteiger partial charge is 0.0579 e. The van der Waals surface area contributed by atoms with Crippen molar-refractivity contribution in [1.82, 2.24) is 0 Å². The quantitative estimate of drug-likeness (QED) is 0.841. The van der Waals surface area contributed by atoms with Crippen molar-refractivity contribution in [2.45, 2.75) is 29.4 Å². The molecule has 0 saturated heterocycles. The van der Waals surface area contributed by atoms with Crippen LogP contribution in [0.25, 0.3) is 0 Å². The van der Waals surface area contributed by atoms with E-state index in [0.29, 0.717) is 17.5 Å². The Morgan fingerprint density at radius 1 is 1.41 bits per heavy atom. The molecule has 0 aliphatic heterocycles. The minimum absolute atomic E-state index is 0.190. The van der Waals surface area contributed by atoms with E-state index in [9.17, 15) is 4.21 Å². The number of methoxy groups -OCH3 is 1. The van der Waals surface area contributed by atoms with Crippen LogP contribution in [0.15, 0.2) is 29.2 Å². The van der Waals surface area contributed by atoms with Crippen molar-refractivity contribution >= 4 is 22.4 Å². The van der Waals surface area contributed by atoms with Crippen LogP contribution in [0.1, 0.15) is 19.3 Å². The number of hydrogen-bond acceptors (Lipinski definition) is 2. The topological polar surface area (TPSA) is 26.3 Å². The zero-order valence-corrected chi connectivity index (χ0v) is 11.5. The molecule has 0 radical (unpaired) electrons. The fourth-order valence-corrected chi connectivity index (χ4v) is 4.57. The van der Waals surface area contributed by atoms with Gasteiger partial charge in [0.15, 0.2) is 0 Å². The van der Waals surface area contributed by atoms with Crippen LogP contribution in [0.3, 0.4) is 0 Å². The van der Waals surface area contributed by atoms with Crippen molar-refractivity contribution in [1.29, 1.82) is 0 Å². The van der Waals surface area contributed by atoms with Crippen LogP contribution in [-0.4, -0.2) is 23.2 Å². The highest BCUT2D eigenvalue weighted by molar-refractivity contribution is 7.85. The number of halogens is 1. The first kappa shape index (κ1) is 13.1. The standard InChI is InChI=1S/C13H17ClO2S/c1-16-9-10-5-4-8-12(10)17(15)13-7-3-2-6-11(13)14/h2-3,6-7,10,12H,4-5,8-9H2,1H3/t10-,12-,17?/m1/s1. The van der Waals surface area contributed by atoms with Crippen LogP contribution in [0.2, 0.25) is 5.02 Å². The molecule has 1 aromatic rings. The molecule has 0 amide bonds. The minimum atomic E-state index is -1.01. The summed E-state index contributed by atoms with van der Waals surface area (Å²) in [6.07, 6.45) is 3.25. The van der Waals surface area contributed by atoms with Gasteiger partial charge in [-0.3, -0.25) is 4.21 Å². The molecule has 17 heavy (non-hydrogen) atoms. The summed E-state index contributed by atoms with van der Waals surface area (Å²) in [5, 5.41) is 0.795. The number of benzene rings is 1. The highest BCUT2D eigenvalue weighted by Crippen LogP contribution is 2.34. The zero-order valence-electron chi connectivity index (χ0n) is 9.90. The maximum Gasteiger partial charge on any atom is 0.0579 e. The molecule has 1 aliphatic carbocycles. The van der Waals surface area contributed by atoms with Crippen molar-refractivity contribution in [2.24, 2.45) is 5.92 Å². The van der Waals surface area contributed by atoms with Crippen LogP contribution in [0.5, 0.6) is 0 Å². The minimum Gasteiger partial charge on any atom is -0.384 e. The summed E-state index contributed by atoms with van der Waals surface area (Å²) in [6.45, 7) is 0.695. The van der Waals surface area contributed by atoms with Crippen LogP contribution < -0.4 is 0 Å². The molecular formula is C13H17ClO2S. The maximum atomic E-state index is 12.5. The van der Waals surface area contributed by atoms with E-state index in [1.807, 2.05) is 18.2 Å². The first-order valence-corrected chi connectivity index (χ1v) is 7.47. The van der Waals surface area contributed by atoms with Gasteiger partial charge in [0.2, 0.25) is 0 Å². The maximum absolute atomic E-state index is 12.5. The van der Waals surface area contributed by atoms with Gasteiger partial charge in [0, 0.05) is 12.4 Å². The number of hydrogen-bond donors (Lipinski definition) is 0. The predicted molar refractivity (Wildman–Crippen MR) is 70.9 cm³/mol. The zero-order chi connectivity index (χ0) is 12.3. The second-order valence-corrected chi connectivity index (χ2v) is 6.46. The Morgan fingerprint density at radius 2 is 2.18 bits per heavy atom. The Bertz CT molecular complexity index is 408. The Balaban J connectivity index is 2.17. The molecule has 4 heteroatoms. The molecule has 1 saturated carbocycles. The average Bonchev–Trinajstić information content (AvgIpc) is 2.78. The number of rotatable bonds is 4. The summed E-state index contributed by atoms with van der Waals surface area (Å²) in [5.74, 6) is 0.400. The molecule has 0 aromatic heterocycles. The van der Waals surface area contributed by atoms with Crippen molar-refractivity contribution in [3.05, 3.63) is 29.3 Å². The van der Waals surface area contributed by atoms with Crippen molar-refractivity contribution in [3.63, 3.8) is 0 Å². The molecule has 2 rings (SSSR count). The van der Waals surface area contributed by atoms with E-state index in [4.69, 9.17) is 16.3 Å². The SMILES string of the molecule is COC[C@H]1CCC[C@H]1S(=O)c1ccccc1Cl. The number of ether oxygens (including phenoxy) is 1. The summed E-state index contributed by atoms with van der Waals surface area (Å²) in [7, 11) is 0.688. The third-order valence-corrected chi connectivity index (χ3v) is 5.70. The first-order chi connectivity index (χ1) is 8.24. The van der Waals surface area contributed by atoms with Gasteiger partial charge < -0.3 is 4.74 Å². The van der Waals surface area contributed by atoms with Crippen molar-refractivity contribution < 1.29 is 8.95 Å². The Hall–Kier alpha value is -0.380. The van der Waals surface area contributed by atoms with Crippen LogP contribution in [0, 0.1) is 5.92 Å². The lowest BCUT2D eigenvalue weighted by Crippen LogP contribution is -2.24. The van der Waals surface area contributed by atoms with Gasteiger partial charge in [-0.2, -0.15) is 0 Å². The van der Waals surface area contributed by atoms with Gasteiger partial charge in [-0.15, -0.1) is 0 Å². The van der Waals surface area contributed by atoms with Crippen LogP contribution >= 0.6 is 11.6 Å². The van der Waals surface area contributed by atoms with Crippen molar-refractivity contribution in [3.8, 4) is 0 Å². The van der Waals surface area contributed by atoms with Gasteiger partial charge in [0.05, 0.1) is 27.3 Å². The highest BCUT2D eigenvalue weighted by Gasteiger charge is 2.33. The van der Waals surface area contributed by atoms with Crippen LogP contribution in [0.4, 0.5) is 0 Å². The predicted octanol–water partition coefficient (Wildman–Crippen LogP) is 3.26. The Kier molecular flexibility index (Phi) is 4.60. The molecular weight excluding hydrogens is 256 g/mol. The fraction of sp³-hybridized carbons (Fsp3) is 0.538. The highest BCUT2D eigenvalue weighted by atomic mass is 35.5. The van der Waals surface area contributed by atoms with Gasteiger partial charge in [0.1, 0.15) is 0 Å². The first-order valence-electron chi connectivity index (χ1n) is 5.88. The molecule has 0 bridgehead atoms. The molecule has 0 N–H and O–H groups in total. The van der Waals surface area contributed by atoms with Crippen LogP contribution in [-0.2, 0) is 15.5 Å². The Labute approximate surface area is 110 Å². The summed E-state index contributed by atoms with van der Waals surface area (Å²) in [6, 6.07) is 7.42. The van der Waals surface area contributed by atoms with E-state index >= 15 is 0 Å². The van der Waals surface area contributed by atoms with Gasteiger partial charge in [-0.05, 0) is 30.9 Å². The third-order valence-electron chi connectivity index (χ3n) is 3.30. The third kappa shape index (κ3) is 2.90. The molecule has 0 spiro atoms. The Morgan fingerprint density at radius 3 is 2.88 bits per heavy atom. The van der Waals surface area contributed by atoms with E-state index in [1.54, 1.807) is 13.2 Å². The van der Waals surface area contributed by atoms with Gasteiger partial charge in [-0.1, -0.05) is 30.2 Å². The van der Waals surface area contributed by atoms with E-state index in [0.717, 1.165) is 24.2 Å². The molecule has 1 aliphatic rings. The van der Waals surface area contributed by atoms with Crippen molar-refractivity contribution in [2.75, 3.05) is 13.7 Å². The normalized spacial score (nSPS) is 26.0. The molecule has 2 nitrogen and oxygen atoms in total. The fourth-order valence-electron chi connectivity index (χ4n) is 2.46. The molecule has 3 atom stereocenters. The van der Waals surface area contributed by atoms with E-state index in [1.165, 1.54) is 0 Å². The molecule has 0 heterocycles. The van der Waals surface area contributed by atoms with E-state index in [2.05, 4.69) is 0 Å². The lowest BCUT2D eigenvalue weighted by atomic mass is 10.1. The lowest BCUT2D eigenvalue weighted by molar-refractivity contribution is 0.156. The second kappa shape index (κ2) is 5.98. The van der Waals surface area contributed by atoms with Gasteiger partial charge in [0.25, 0.3) is 0 Å². The largest absolute Gasteiger partial charge is 0.384 e. The summed E-state index contributed by atoms with van der Waals surface area (Å²) < 4.78 is 17.7. The van der Waals surface area contributed by atoms with E-state index < -0.39 is 10.8 Å². The van der Waals surface area contributed by atoms with Gasteiger partial charge >= 0.3 is 0 Å². The summed E-state index contributed by atoms with van der Waals surface area (Å²) >= 11 is 6.10. The van der Waals surface area contributed by atoms with Gasteiger partial charge in [-0.25, -0.2) is 0 Å². The molecule has 1 fully saturated rings.